The second kappa shape index (κ2) is 8.52. The first-order valence-corrected chi connectivity index (χ1v) is 9.64. The third-order valence-corrected chi connectivity index (χ3v) is 4.80. The Labute approximate surface area is 167 Å². The summed E-state index contributed by atoms with van der Waals surface area (Å²) in [5.74, 6) is 1.68. The molecule has 0 saturated carbocycles. The van der Waals surface area contributed by atoms with Crippen LogP contribution in [0.1, 0.15) is 50.7 Å². The van der Waals surface area contributed by atoms with Crippen molar-refractivity contribution in [1.29, 1.82) is 0 Å². The molecule has 1 heterocycles. The minimum Gasteiger partial charge on any atom is -0.497 e. The number of benzene rings is 2. The molecule has 6 nitrogen and oxygen atoms in total. The second-order valence-electron chi connectivity index (χ2n) is 7.84. The molecule has 0 aliphatic rings. The molecule has 0 unspecified atom stereocenters. The van der Waals surface area contributed by atoms with Crippen LogP contribution in [0.4, 0.5) is 0 Å². The smallest absolute Gasteiger partial charge is 0.173 e. The number of hydrogen-bond acceptors (Lipinski definition) is 5. The van der Waals surface area contributed by atoms with Crippen LogP contribution in [0.5, 0.6) is 5.75 Å². The largest absolute Gasteiger partial charge is 0.497 e. The van der Waals surface area contributed by atoms with E-state index in [1.807, 2.05) is 22.9 Å². The van der Waals surface area contributed by atoms with E-state index >= 15 is 0 Å². The van der Waals surface area contributed by atoms with E-state index in [1.54, 1.807) is 7.11 Å². The van der Waals surface area contributed by atoms with Gasteiger partial charge in [-0.05, 0) is 61.0 Å². The van der Waals surface area contributed by atoms with Gasteiger partial charge in [-0.25, -0.2) is 4.68 Å². The average molecular weight is 380 g/mol. The van der Waals surface area contributed by atoms with Crippen molar-refractivity contribution in [2.24, 2.45) is 0 Å². The fourth-order valence-electron chi connectivity index (χ4n) is 3.36. The molecular weight excluding hydrogens is 350 g/mol. The fraction of sp³-hybridized carbons (Fsp3) is 0.409. The summed E-state index contributed by atoms with van der Waals surface area (Å²) in [6.07, 6.45) is 0. The molecule has 6 heteroatoms. The van der Waals surface area contributed by atoms with E-state index in [9.17, 15) is 0 Å². The van der Waals surface area contributed by atoms with Crippen molar-refractivity contribution >= 4 is 0 Å². The molecule has 0 N–H and O–H groups in total. The van der Waals surface area contributed by atoms with Crippen molar-refractivity contribution in [3.63, 3.8) is 0 Å². The second-order valence-corrected chi connectivity index (χ2v) is 7.84. The Balaban J connectivity index is 2.06. The highest BCUT2D eigenvalue weighted by Gasteiger charge is 2.30. The zero-order valence-corrected chi connectivity index (χ0v) is 17.3. The molecule has 0 fully saturated rings. The lowest BCUT2D eigenvalue weighted by molar-refractivity contribution is 0.203. The van der Waals surface area contributed by atoms with Crippen LogP contribution in [0.15, 0.2) is 54.6 Å². The van der Waals surface area contributed by atoms with Gasteiger partial charge in [-0.3, -0.25) is 4.90 Å². The van der Waals surface area contributed by atoms with E-state index in [4.69, 9.17) is 4.74 Å². The Kier molecular flexibility index (Phi) is 6.09. The van der Waals surface area contributed by atoms with Gasteiger partial charge in [0.05, 0.1) is 18.7 Å². The van der Waals surface area contributed by atoms with Gasteiger partial charge in [0, 0.05) is 6.54 Å². The van der Waals surface area contributed by atoms with E-state index in [0.29, 0.717) is 0 Å². The molecule has 0 bridgehead atoms. The first kappa shape index (κ1) is 20.0. The highest BCUT2D eigenvalue weighted by molar-refractivity contribution is 5.32. The normalized spacial score (nSPS) is 12.9. The maximum atomic E-state index is 5.34. The molecule has 0 amide bonds. The molecule has 3 rings (SSSR count). The number of tetrazole rings is 1. The van der Waals surface area contributed by atoms with Crippen molar-refractivity contribution < 1.29 is 4.74 Å². The van der Waals surface area contributed by atoms with Gasteiger partial charge in [0.15, 0.2) is 5.82 Å². The molecular formula is C22H29N5O. The maximum Gasteiger partial charge on any atom is 0.173 e. The Morgan fingerprint density at radius 2 is 1.71 bits per heavy atom. The van der Waals surface area contributed by atoms with E-state index in [0.717, 1.165) is 30.2 Å². The third kappa shape index (κ3) is 4.39. The van der Waals surface area contributed by atoms with E-state index in [1.165, 1.54) is 5.56 Å². The van der Waals surface area contributed by atoms with Crippen LogP contribution >= 0.6 is 0 Å². The highest BCUT2D eigenvalue weighted by atomic mass is 16.5. The summed E-state index contributed by atoms with van der Waals surface area (Å²) in [6, 6.07) is 18.6. The molecule has 0 radical (unpaired) electrons. The first-order chi connectivity index (χ1) is 13.4. The van der Waals surface area contributed by atoms with Gasteiger partial charge >= 0.3 is 0 Å². The van der Waals surface area contributed by atoms with E-state index in [2.05, 4.69) is 84.5 Å². The van der Waals surface area contributed by atoms with Gasteiger partial charge in [-0.1, -0.05) is 49.4 Å². The van der Waals surface area contributed by atoms with Gasteiger partial charge in [0.25, 0.3) is 0 Å². The summed E-state index contributed by atoms with van der Waals surface area (Å²) < 4.78 is 7.27. The van der Waals surface area contributed by atoms with Crippen LogP contribution in [0.2, 0.25) is 0 Å². The molecule has 0 saturated heterocycles. The fourth-order valence-corrected chi connectivity index (χ4v) is 3.36. The van der Waals surface area contributed by atoms with Gasteiger partial charge in [0.1, 0.15) is 5.75 Å². The van der Waals surface area contributed by atoms with Gasteiger partial charge in [0.2, 0.25) is 0 Å². The van der Waals surface area contributed by atoms with Crippen LogP contribution in [0.3, 0.4) is 0 Å². The number of ether oxygens (including phenoxy) is 1. The van der Waals surface area contributed by atoms with Crippen molar-refractivity contribution in [3.05, 3.63) is 71.5 Å². The minimum absolute atomic E-state index is 0.0645. The number of aromatic nitrogens is 4. The Hall–Kier alpha value is -2.73. The first-order valence-electron chi connectivity index (χ1n) is 9.64. The Bertz CT molecular complexity index is 868. The van der Waals surface area contributed by atoms with Crippen molar-refractivity contribution in [2.45, 2.75) is 45.8 Å². The lowest BCUT2D eigenvalue weighted by atomic mass is 10.0. The van der Waals surface area contributed by atoms with Gasteiger partial charge in [-0.15, -0.1) is 5.10 Å². The summed E-state index contributed by atoms with van der Waals surface area (Å²) in [6.45, 7) is 10.2. The maximum absolute atomic E-state index is 5.34. The lowest BCUT2D eigenvalue weighted by Crippen LogP contribution is -2.35. The third-order valence-electron chi connectivity index (χ3n) is 4.80. The number of methoxy groups -OCH3 is 1. The predicted molar refractivity (Wildman–Crippen MR) is 110 cm³/mol. The SMILES string of the molecule is CCN(Cc1ccccc1)[C@H](c1ccc(OC)cc1)c1nnnn1C(C)(C)C. The van der Waals surface area contributed by atoms with Gasteiger partial charge in [-0.2, -0.15) is 0 Å². The standard InChI is InChI=1S/C22H29N5O/c1-6-26(16-17-10-8-7-9-11-17)20(18-12-14-19(28-5)15-13-18)21-23-24-25-27(21)22(2,3)4/h7-15,20H,6,16H2,1-5H3/t20-/m1/s1. The highest BCUT2D eigenvalue weighted by Crippen LogP contribution is 2.31. The summed E-state index contributed by atoms with van der Waals surface area (Å²) in [7, 11) is 1.68. The zero-order chi connectivity index (χ0) is 20.1. The monoisotopic (exact) mass is 379 g/mol. The van der Waals surface area contributed by atoms with Crippen LogP contribution in [0, 0.1) is 0 Å². The number of nitrogens with zero attached hydrogens (tertiary/aromatic N) is 5. The van der Waals surface area contributed by atoms with Crippen molar-refractivity contribution in [2.75, 3.05) is 13.7 Å². The summed E-state index contributed by atoms with van der Waals surface area (Å²) in [4.78, 5) is 2.39. The van der Waals surface area contributed by atoms with E-state index in [-0.39, 0.29) is 11.6 Å². The molecule has 0 aliphatic heterocycles. The molecule has 1 aromatic heterocycles. The molecule has 1 atom stereocenters. The van der Waals surface area contributed by atoms with Gasteiger partial charge < -0.3 is 4.74 Å². The van der Waals surface area contributed by atoms with Crippen LogP contribution in [-0.4, -0.2) is 38.8 Å². The lowest BCUT2D eigenvalue weighted by Gasteiger charge is -2.32. The minimum atomic E-state index is -0.213. The zero-order valence-electron chi connectivity index (χ0n) is 17.3. The summed E-state index contributed by atoms with van der Waals surface area (Å²) in [5, 5.41) is 12.7. The molecule has 0 spiro atoms. The molecule has 28 heavy (non-hydrogen) atoms. The topological polar surface area (TPSA) is 56.1 Å². The molecule has 2 aromatic carbocycles. The van der Waals surface area contributed by atoms with Crippen LogP contribution in [0.25, 0.3) is 0 Å². The van der Waals surface area contributed by atoms with Crippen molar-refractivity contribution in [3.8, 4) is 5.75 Å². The predicted octanol–water partition coefficient (Wildman–Crippen LogP) is 4.05. The molecule has 3 aromatic rings. The summed E-state index contributed by atoms with van der Waals surface area (Å²) >= 11 is 0. The summed E-state index contributed by atoms with van der Waals surface area (Å²) in [5.41, 5.74) is 2.19. The number of hydrogen-bond donors (Lipinski definition) is 0. The quantitative estimate of drug-likeness (QED) is 0.620. The average Bonchev–Trinajstić information content (AvgIpc) is 3.18. The molecule has 148 valence electrons. The number of rotatable bonds is 7. The molecule has 0 aliphatic carbocycles. The Morgan fingerprint density at radius 3 is 2.29 bits per heavy atom. The van der Waals surface area contributed by atoms with Crippen LogP contribution < -0.4 is 4.74 Å². The Morgan fingerprint density at radius 1 is 1.04 bits per heavy atom. The van der Waals surface area contributed by atoms with Crippen LogP contribution in [-0.2, 0) is 12.1 Å². The van der Waals surface area contributed by atoms with Crippen molar-refractivity contribution in [1.82, 2.24) is 25.1 Å². The van der Waals surface area contributed by atoms with E-state index < -0.39 is 0 Å².